The molecule has 1 N–H and O–H groups in total. The molecule has 0 spiro atoms. The van der Waals surface area contributed by atoms with E-state index < -0.39 is 5.91 Å². The van der Waals surface area contributed by atoms with Crippen molar-refractivity contribution in [3.8, 4) is 17.1 Å². The van der Waals surface area contributed by atoms with E-state index in [4.69, 9.17) is 4.52 Å². The van der Waals surface area contributed by atoms with Crippen LogP contribution in [0.1, 0.15) is 21.9 Å². The molecule has 0 aliphatic heterocycles. The number of aromatic nitrogens is 4. The van der Waals surface area contributed by atoms with Gasteiger partial charge in [-0.05, 0) is 48.9 Å². The molecule has 0 unspecified atom stereocenters. The summed E-state index contributed by atoms with van der Waals surface area (Å²) in [7, 11) is 3.96. The van der Waals surface area contributed by atoms with Crippen LogP contribution in [0.3, 0.4) is 0 Å². The zero-order chi connectivity index (χ0) is 22.0. The highest BCUT2D eigenvalue weighted by molar-refractivity contribution is 9.10. The predicted octanol–water partition coefficient (Wildman–Crippen LogP) is 3.99. The minimum atomic E-state index is -0.423. The van der Waals surface area contributed by atoms with Gasteiger partial charge in [-0.2, -0.15) is 10.1 Å². The Balaban J connectivity index is 1.45. The van der Waals surface area contributed by atoms with E-state index in [1.54, 1.807) is 4.68 Å². The molecule has 2 heterocycles. The molecule has 2 aromatic heterocycles. The summed E-state index contributed by atoms with van der Waals surface area (Å²) in [5, 5.41) is 11.3. The van der Waals surface area contributed by atoms with Crippen LogP contribution in [0.15, 0.2) is 63.7 Å². The molecule has 4 rings (SSSR count). The predicted molar refractivity (Wildman–Crippen MR) is 121 cm³/mol. The molecule has 4 aromatic rings. The standard InChI is InChI=1S/C22H21BrN6O2/c1-14-19(13-29(26-14)18-10-6-16(23)7-11-18)20-25-22(31-27-20)21(30)24-12-15-4-8-17(9-5-15)28(2)3/h4-11,13H,12H2,1-3H3,(H,24,30). The van der Waals surface area contributed by atoms with Gasteiger partial charge in [-0.3, -0.25) is 4.79 Å². The van der Waals surface area contributed by atoms with Crippen molar-refractivity contribution in [3.63, 3.8) is 0 Å². The number of benzene rings is 2. The van der Waals surface area contributed by atoms with Crippen molar-refractivity contribution in [1.82, 2.24) is 25.2 Å². The van der Waals surface area contributed by atoms with Gasteiger partial charge in [-0.25, -0.2) is 4.68 Å². The van der Waals surface area contributed by atoms with Crippen LogP contribution in [-0.2, 0) is 6.54 Å². The maximum Gasteiger partial charge on any atom is 0.316 e. The summed E-state index contributed by atoms with van der Waals surface area (Å²) in [5.41, 5.74) is 4.40. The number of nitrogens with one attached hydrogen (secondary N) is 1. The average Bonchev–Trinajstić information content (AvgIpc) is 3.39. The summed E-state index contributed by atoms with van der Waals surface area (Å²) < 4.78 is 7.91. The molecule has 0 bridgehead atoms. The van der Waals surface area contributed by atoms with Crippen LogP contribution in [0.5, 0.6) is 0 Å². The smallest absolute Gasteiger partial charge is 0.316 e. The van der Waals surface area contributed by atoms with E-state index in [9.17, 15) is 4.79 Å². The lowest BCUT2D eigenvalue weighted by Gasteiger charge is -2.12. The Labute approximate surface area is 188 Å². The maximum absolute atomic E-state index is 12.4. The lowest BCUT2D eigenvalue weighted by atomic mass is 10.2. The van der Waals surface area contributed by atoms with E-state index >= 15 is 0 Å². The van der Waals surface area contributed by atoms with Crippen molar-refractivity contribution in [1.29, 1.82) is 0 Å². The van der Waals surface area contributed by atoms with Crippen LogP contribution >= 0.6 is 15.9 Å². The summed E-state index contributed by atoms with van der Waals surface area (Å²) in [6.45, 7) is 2.23. The van der Waals surface area contributed by atoms with E-state index in [1.807, 2.05) is 80.6 Å². The molecule has 0 saturated heterocycles. The highest BCUT2D eigenvalue weighted by Gasteiger charge is 2.19. The number of anilines is 1. The van der Waals surface area contributed by atoms with Crippen LogP contribution in [0.25, 0.3) is 17.1 Å². The van der Waals surface area contributed by atoms with Crippen molar-refractivity contribution in [2.24, 2.45) is 0 Å². The molecule has 1 amide bonds. The minimum absolute atomic E-state index is 0.0873. The Morgan fingerprint density at radius 3 is 2.52 bits per heavy atom. The number of carbonyl (C=O) groups excluding carboxylic acids is 1. The molecule has 0 aliphatic carbocycles. The van der Waals surface area contributed by atoms with E-state index in [0.29, 0.717) is 17.9 Å². The second kappa shape index (κ2) is 8.73. The van der Waals surface area contributed by atoms with Gasteiger partial charge in [0, 0.05) is 37.0 Å². The molecule has 0 aliphatic rings. The summed E-state index contributed by atoms with van der Waals surface area (Å²) >= 11 is 3.43. The second-order valence-electron chi connectivity index (χ2n) is 7.22. The van der Waals surface area contributed by atoms with Gasteiger partial charge in [0.05, 0.1) is 16.9 Å². The van der Waals surface area contributed by atoms with Crippen molar-refractivity contribution < 1.29 is 9.32 Å². The highest BCUT2D eigenvalue weighted by Crippen LogP contribution is 2.22. The number of aryl methyl sites for hydroxylation is 1. The Hall–Kier alpha value is -3.46. The maximum atomic E-state index is 12.4. The quantitative estimate of drug-likeness (QED) is 0.448. The first-order chi connectivity index (χ1) is 14.9. The molecule has 0 atom stereocenters. The fraction of sp³-hybridized carbons (Fsp3) is 0.182. The Morgan fingerprint density at radius 2 is 1.84 bits per heavy atom. The SMILES string of the molecule is Cc1nn(-c2ccc(Br)cc2)cc1-c1noc(C(=O)NCc2ccc(N(C)C)cc2)n1. The lowest BCUT2D eigenvalue weighted by molar-refractivity contribution is 0.0907. The van der Waals surface area contributed by atoms with Gasteiger partial charge in [0.2, 0.25) is 5.82 Å². The summed E-state index contributed by atoms with van der Waals surface area (Å²) in [6, 6.07) is 15.7. The molecule has 158 valence electrons. The van der Waals surface area contributed by atoms with Gasteiger partial charge in [0.15, 0.2) is 0 Å². The van der Waals surface area contributed by atoms with E-state index in [0.717, 1.165) is 27.1 Å². The summed E-state index contributed by atoms with van der Waals surface area (Å²) in [6.07, 6.45) is 1.82. The van der Waals surface area contributed by atoms with Crippen LogP contribution in [0.4, 0.5) is 5.69 Å². The molecule has 2 aromatic carbocycles. The number of rotatable bonds is 6. The minimum Gasteiger partial charge on any atom is -0.378 e. The van der Waals surface area contributed by atoms with Gasteiger partial charge < -0.3 is 14.7 Å². The van der Waals surface area contributed by atoms with E-state index in [1.165, 1.54) is 0 Å². The van der Waals surface area contributed by atoms with Crippen LogP contribution in [0, 0.1) is 6.92 Å². The largest absolute Gasteiger partial charge is 0.378 e. The normalized spacial score (nSPS) is 10.8. The van der Waals surface area contributed by atoms with Gasteiger partial charge in [0.1, 0.15) is 0 Å². The number of carbonyl (C=O) groups is 1. The molecule has 0 saturated carbocycles. The lowest BCUT2D eigenvalue weighted by Crippen LogP contribution is -2.23. The van der Waals surface area contributed by atoms with Crippen molar-refractivity contribution in [3.05, 3.63) is 76.3 Å². The fourth-order valence-corrected chi connectivity index (χ4v) is 3.27. The van der Waals surface area contributed by atoms with Crippen molar-refractivity contribution in [2.75, 3.05) is 19.0 Å². The first-order valence-electron chi connectivity index (χ1n) is 9.61. The first kappa shape index (κ1) is 20.8. The van der Waals surface area contributed by atoms with Crippen molar-refractivity contribution >= 4 is 27.5 Å². The van der Waals surface area contributed by atoms with Crippen LogP contribution in [0.2, 0.25) is 0 Å². The second-order valence-corrected chi connectivity index (χ2v) is 8.13. The third kappa shape index (κ3) is 4.66. The molecule has 0 fully saturated rings. The molecular weight excluding hydrogens is 460 g/mol. The monoisotopic (exact) mass is 480 g/mol. The van der Waals surface area contributed by atoms with Crippen LogP contribution < -0.4 is 10.2 Å². The zero-order valence-corrected chi connectivity index (χ0v) is 18.9. The number of nitrogens with zero attached hydrogens (tertiary/aromatic N) is 5. The van der Waals surface area contributed by atoms with Crippen molar-refractivity contribution in [2.45, 2.75) is 13.5 Å². The summed E-state index contributed by atoms with van der Waals surface area (Å²) in [4.78, 5) is 18.7. The Morgan fingerprint density at radius 1 is 1.13 bits per heavy atom. The third-order valence-corrected chi connectivity index (χ3v) is 5.29. The van der Waals surface area contributed by atoms with Gasteiger partial charge >= 0.3 is 11.8 Å². The fourth-order valence-electron chi connectivity index (χ4n) is 3.00. The zero-order valence-electron chi connectivity index (χ0n) is 17.3. The third-order valence-electron chi connectivity index (χ3n) is 4.76. The first-order valence-corrected chi connectivity index (χ1v) is 10.4. The average molecular weight is 481 g/mol. The van der Waals surface area contributed by atoms with E-state index in [-0.39, 0.29) is 5.89 Å². The van der Waals surface area contributed by atoms with Crippen LogP contribution in [-0.4, -0.2) is 39.9 Å². The molecule has 0 radical (unpaired) electrons. The number of amides is 1. The molecule has 8 nitrogen and oxygen atoms in total. The highest BCUT2D eigenvalue weighted by atomic mass is 79.9. The Bertz CT molecular complexity index is 1200. The molecule has 9 heteroatoms. The molecule has 31 heavy (non-hydrogen) atoms. The number of hydrogen-bond acceptors (Lipinski definition) is 6. The summed E-state index contributed by atoms with van der Waals surface area (Å²) in [5.74, 6) is -0.189. The topological polar surface area (TPSA) is 89.1 Å². The molecular formula is C22H21BrN6O2. The number of hydrogen-bond donors (Lipinski definition) is 1. The van der Waals surface area contributed by atoms with Gasteiger partial charge in [-0.15, -0.1) is 0 Å². The van der Waals surface area contributed by atoms with Gasteiger partial charge in [0.25, 0.3) is 0 Å². The Kier molecular flexibility index (Phi) is 5.85. The van der Waals surface area contributed by atoms with E-state index in [2.05, 4.69) is 36.5 Å². The number of halogens is 1. The van der Waals surface area contributed by atoms with Gasteiger partial charge in [-0.1, -0.05) is 33.2 Å².